The summed E-state index contributed by atoms with van der Waals surface area (Å²) in [4.78, 5) is 12.0. The molecule has 1 aliphatic rings. The van der Waals surface area contributed by atoms with Crippen LogP contribution in [0.4, 0.5) is 11.4 Å². The molecule has 4 heteroatoms. The van der Waals surface area contributed by atoms with Gasteiger partial charge in [0, 0.05) is 11.4 Å². The molecular weight excluding hydrogens is 276 g/mol. The van der Waals surface area contributed by atoms with Gasteiger partial charge >= 0.3 is 0 Å². The predicted molar refractivity (Wildman–Crippen MR) is 87.6 cm³/mol. The van der Waals surface area contributed by atoms with Crippen LogP contribution in [0.25, 0.3) is 0 Å². The highest BCUT2D eigenvalue weighted by Crippen LogP contribution is 2.32. The lowest BCUT2D eigenvalue weighted by atomic mass is 9.89. The van der Waals surface area contributed by atoms with Gasteiger partial charge in [0.1, 0.15) is 6.61 Å². The average Bonchev–Trinajstić information content (AvgIpc) is 2.53. The van der Waals surface area contributed by atoms with Crippen LogP contribution in [0.2, 0.25) is 0 Å². The Kier molecular flexibility index (Phi) is 4.39. The van der Waals surface area contributed by atoms with Crippen molar-refractivity contribution < 1.29 is 9.53 Å². The number of rotatable bonds is 4. The van der Waals surface area contributed by atoms with Crippen molar-refractivity contribution in [1.29, 1.82) is 0 Å². The molecule has 4 nitrogen and oxygen atoms in total. The summed E-state index contributed by atoms with van der Waals surface area (Å²) in [6.07, 6.45) is 3.16. The van der Waals surface area contributed by atoms with E-state index in [2.05, 4.69) is 17.4 Å². The SMILES string of the molecule is Nc1cccc(NC(=O)COC2CCCc3ccccc32)c1. The van der Waals surface area contributed by atoms with Crippen LogP contribution in [0.15, 0.2) is 48.5 Å². The van der Waals surface area contributed by atoms with Gasteiger partial charge < -0.3 is 15.8 Å². The average molecular weight is 296 g/mol. The van der Waals surface area contributed by atoms with Crippen molar-refractivity contribution in [3.8, 4) is 0 Å². The van der Waals surface area contributed by atoms with Gasteiger partial charge in [-0.3, -0.25) is 4.79 Å². The molecule has 0 heterocycles. The van der Waals surface area contributed by atoms with Crippen molar-refractivity contribution >= 4 is 17.3 Å². The summed E-state index contributed by atoms with van der Waals surface area (Å²) in [5.74, 6) is -0.159. The Morgan fingerprint density at radius 1 is 1.23 bits per heavy atom. The highest BCUT2D eigenvalue weighted by Gasteiger charge is 2.21. The van der Waals surface area contributed by atoms with E-state index in [1.165, 1.54) is 11.1 Å². The van der Waals surface area contributed by atoms with E-state index in [1.807, 2.05) is 24.3 Å². The molecule has 3 N–H and O–H groups in total. The van der Waals surface area contributed by atoms with Crippen molar-refractivity contribution in [3.63, 3.8) is 0 Å². The van der Waals surface area contributed by atoms with Gasteiger partial charge in [0.05, 0.1) is 6.10 Å². The van der Waals surface area contributed by atoms with Gasteiger partial charge in [-0.1, -0.05) is 30.3 Å². The number of ether oxygens (including phenoxy) is 1. The standard InChI is InChI=1S/C18H20N2O2/c19-14-7-4-8-15(11-14)20-18(21)12-22-17-10-3-6-13-5-1-2-9-16(13)17/h1-2,4-5,7-9,11,17H,3,6,10,12,19H2,(H,20,21). The number of hydrogen-bond acceptors (Lipinski definition) is 3. The van der Waals surface area contributed by atoms with Crippen LogP contribution in [0.3, 0.4) is 0 Å². The molecule has 22 heavy (non-hydrogen) atoms. The minimum Gasteiger partial charge on any atom is -0.399 e. The molecule has 2 aromatic carbocycles. The molecule has 0 spiro atoms. The first-order valence-electron chi connectivity index (χ1n) is 7.57. The molecule has 1 unspecified atom stereocenters. The van der Waals surface area contributed by atoms with E-state index in [-0.39, 0.29) is 18.6 Å². The molecule has 0 saturated heterocycles. The number of anilines is 2. The molecule has 0 aliphatic heterocycles. The first-order valence-corrected chi connectivity index (χ1v) is 7.57. The maximum absolute atomic E-state index is 12.0. The van der Waals surface area contributed by atoms with Crippen molar-refractivity contribution in [2.24, 2.45) is 0 Å². The number of benzene rings is 2. The molecule has 1 amide bonds. The van der Waals surface area contributed by atoms with Crippen LogP contribution in [-0.4, -0.2) is 12.5 Å². The van der Waals surface area contributed by atoms with Gasteiger partial charge in [0.15, 0.2) is 0 Å². The summed E-state index contributed by atoms with van der Waals surface area (Å²) in [6.45, 7) is 0.0494. The van der Waals surface area contributed by atoms with E-state index >= 15 is 0 Å². The maximum atomic E-state index is 12.0. The minimum absolute atomic E-state index is 0.0107. The maximum Gasteiger partial charge on any atom is 0.250 e. The van der Waals surface area contributed by atoms with Crippen LogP contribution in [-0.2, 0) is 16.0 Å². The minimum atomic E-state index is -0.159. The Bertz CT molecular complexity index is 670. The van der Waals surface area contributed by atoms with Gasteiger partial charge in [0.2, 0.25) is 5.91 Å². The monoisotopic (exact) mass is 296 g/mol. The third kappa shape index (κ3) is 3.46. The zero-order valence-electron chi connectivity index (χ0n) is 12.4. The second kappa shape index (κ2) is 6.62. The number of nitrogens with two attached hydrogens (primary N) is 1. The zero-order chi connectivity index (χ0) is 15.4. The Labute approximate surface area is 130 Å². The number of nitrogen functional groups attached to an aromatic ring is 1. The van der Waals surface area contributed by atoms with Crippen molar-refractivity contribution in [3.05, 3.63) is 59.7 Å². The van der Waals surface area contributed by atoms with E-state index in [4.69, 9.17) is 10.5 Å². The summed E-state index contributed by atoms with van der Waals surface area (Å²) in [7, 11) is 0. The normalized spacial score (nSPS) is 16.8. The van der Waals surface area contributed by atoms with E-state index in [1.54, 1.807) is 12.1 Å². The molecule has 2 aromatic rings. The summed E-state index contributed by atoms with van der Waals surface area (Å²) in [6, 6.07) is 15.4. The third-order valence-corrected chi connectivity index (χ3v) is 3.90. The molecule has 0 bridgehead atoms. The smallest absolute Gasteiger partial charge is 0.250 e. The quantitative estimate of drug-likeness (QED) is 0.851. The summed E-state index contributed by atoms with van der Waals surface area (Å²) < 4.78 is 5.83. The van der Waals surface area contributed by atoms with Gasteiger partial charge in [0.25, 0.3) is 0 Å². The lowest BCUT2D eigenvalue weighted by Crippen LogP contribution is -2.22. The van der Waals surface area contributed by atoms with Crippen molar-refractivity contribution in [1.82, 2.24) is 0 Å². The molecule has 0 radical (unpaired) electrons. The van der Waals surface area contributed by atoms with Gasteiger partial charge in [-0.15, -0.1) is 0 Å². The first-order chi connectivity index (χ1) is 10.7. The van der Waals surface area contributed by atoms with Crippen LogP contribution < -0.4 is 11.1 Å². The second-order valence-corrected chi connectivity index (χ2v) is 5.56. The summed E-state index contributed by atoms with van der Waals surface area (Å²) in [5.41, 5.74) is 9.56. The van der Waals surface area contributed by atoms with E-state index in [0.717, 1.165) is 19.3 Å². The topological polar surface area (TPSA) is 64.3 Å². The number of amides is 1. The van der Waals surface area contributed by atoms with E-state index < -0.39 is 0 Å². The highest BCUT2D eigenvalue weighted by atomic mass is 16.5. The molecule has 0 aromatic heterocycles. The molecule has 0 saturated carbocycles. The van der Waals surface area contributed by atoms with Crippen molar-refractivity contribution in [2.45, 2.75) is 25.4 Å². The summed E-state index contributed by atoms with van der Waals surface area (Å²) in [5, 5.41) is 2.80. The lowest BCUT2D eigenvalue weighted by molar-refractivity contribution is -0.123. The Hall–Kier alpha value is -2.33. The predicted octanol–water partition coefficient (Wildman–Crippen LogP) is 3.30. The molecule has 1 atom stereocenters. The lowest BCUT2D eigenvalue weighted by Gasteiger charge is -2.25. The number of carbonyl (C=O) groups excluding carboxylic acids is 1. The molecule has 1 aliphatic carbocycles. The fourth-order valence-corrected chi connectivity index (χ4v) is 2.87. The van der Waals surface area contributed by atoms with Gasteiger partial charge in [-0.2, -0.15) is 0 Å². The number of carbonyl (C=O) groups is 1. The van der Waals surface area contributed by atoms with Crippen molar-refractivity contribution in [2.75, 3.05) is 17.7 Å². The fraction of sp³-hybridized carbons (Fsp3) is 0.278. The first kappa shape index (κ1) is 14.6. The molecule has 3 rings (SSSR count). The Balaban J connectivity index is 1.58. The largest absolute Gasteiger partial charge is 0.399 e. The molecular formula is C18H20N2O2. The Morgan fingerprint density at radius 3 is 2.95 bits per heavy atom. The summed E-state index contributed by atoms with van der Waals surface area (Å²) >= 11 is 0. The van der Waals surface area contributed by atoms with Gasteiger partial charge in [-0.05, 0) is 48.6 Å². The highest BCUT2D eigenvalue weighted by molar-refractivity contribution is 5.92. The zero-order valence-corrected chi connectivity index (χ0v) is 12.4. The van der Waals surface area contributed by atoms with Crippen LogP contribution in [0.5, 0.6) is 0 Å². The number of aryl methyl sites for hydroxylation is 1. The van der Waals surface area contributed by atoms with Crippen LogP contribution >= 0.6 is 0 Å². The van der Waals surface area contributed by atoms with Crippen LogP contribution in [0, 0.1) is 0 Å². The Morgan fingerprint density at radius 2 is 2.09 bits per heavy atom. The third-order valence-electron chi connectivity index (χ3n) is 3.90. The number of hydrogen-bond donors (Lipinski definition) is 2. The number of fused-ring (bicyclic) bond motifs is 1. The van der Waals surface area contributed by atoms with E-state index in [9.17, 15) is 4.79 Å². The van der Waals surface area contributed by atoms with Gasteiger partial charge in [-0.25, -0.2) is 0 Å². The van der Waals surface area contributed by atoms with E-state index in [0.29, 0.717) is 11.4 Å². The van der Waals surface area contributed by atoms with Crippen LogP contribution in [0.1, 0.15) is 30.1 Å². The fourth-order valence-electron chi connectivity index (χ4n) is 2.87. The molecule has 114 valence electrons. The molecule has 0 fully saturated rings. The second-order valence-electron chi connectivity index (χ2n) is 5.56. The number of nitrogens with one attached hydrogen (secondary N) is 1.